The van der Waals surface area contributed by atoms with Crippen LogP contribution in [0.25, 0.3) is 0 Å². The van der Waals surface area contributed by atoms with Crippen LogP contribution in [0.15, 0.2) is 24.3 Å². The summed E-state index contributed by atoms with van der Waals surface area (Å²) in [6.07, 6.45) is 3.49. The lowest BCUT2D eigenvalue weighted by Gasteiger charge is -1.98. The molecule has 0 unspecified atom stereocenters. The van der Waals surface area contributed by atoms with E-state index in [-0.39, 0.29) is 0 Å². The molecule has 0 saturated heterocycles. The van der Waals surface area contributed by atoms with Crippen molar-refractivity contribution in [1.82, 2.24) is 10.3 Å². The minimum atomic E-state index is 0.715. The highest BCUT2D eigenvalue weighted by Gasteiger charge is 2.29. The number of benzene rings is 1. The maximum Gasteiger partial charge on any atom is 0.0975 e. The molecule has 0 bridgehead atoms. The van der Waals surface area contributed by atoms with Gasteiger partial charge in [-0.2, -0.15) is 0 Å². The average molecular weight is 293 g/mol. The molecule has 3 rings (SSSR count). The van der Waals surface area contributed by atoms with Gasteiger partial charge in [0.2, 0.25) is 0 Å². The van der Waals surface area contributed by atoms with Gasteiger partial charge in [-0.25, -0.2) is 4.98 Å². The Morgan fingerprint density at radius 1 is 1.42 bits per heavy atom. The van der Waals surface area contributed by atoms with Crippen LogP contribution in [0, 0.1) is 0 Å². The predicted octanol–water partition coefficient (Wildman–Crippen LogP) is 3.98. The highest BCUT2D eigenvalue weighted by molar-refractivity contribution is 7.11. The van der Waals surface area contributed by atoms with Crippen LogP contribution in [0.4, 0.5) is 0 Å². The highest BCUT2D eigenvalue weighted by Crippen LogP contribution is 2.42. The molecular formula is C15H17ClN2S. The van der Waals surface area contributed by atoms with Crippen LogP contribution in [-0.2, 0) is 13.0 Å². The van der Waals surface area contributed by atoms with Gasteiger partial charge in [-0.15, -0.1) is 11.3 Å². The summed E-state index contributed by atoms with van der Waals surface area (Å²) < 4.78 is 0. The zero-order valence-electron chi connectivity index (χ0n) is 10.9. The number of hydrogen-bond acceptors (Lipinski definition) is 3. The lowest BCUT2D eigenvalue weighted by atomic mass is 10.1. The van der Waals surface area contributed by atoms with Crippen molar-refractivity contribution >= 4 is 22.9 Å². The molecule has 4 heteroatoms. The van der Waals surface area contributed by atoms with Crippen molar-refractivity contribution in [3.05, 3.63) is 50.4 Å². The molecule has 1 heterocycles. The zero-order valence-corrected chi connectivity index (χ0v) is 12.5. The Morgan fingerprint density at radius 3 is 2.95 bits per heavy atom. The van der Waals surface area contributed by atoms with Gasteiger partial charge in [0.1, 0.15) is 0 Å². The summed E-state index contributed by atoms with van der Waals surface area (Å²) >= 11 is 7.87. The Labute approximate surface area is 122 Å². The fourth-order valence-electron chi connectivity index (χ4n) is 2.27. The second kappa shape index (κ2) is 5.61. The molecule has 1 aliphatic carbocycles. The van der Waals surface area contributed by atoms with E-state index >= 15 is 0 Å². The number of rotatable bonds is 5. The van der Waals surface area contributed by atoms with E-state index in [0.717, 1.165) is 18.0 Å². The van der Waals surface area contributed by atoms with Crippen LogP contribution in [0.2, 0.25) is 5.02 Å². The fraction of sp³-hybridized carbons (Fsp3) is 0.400. The van der Waals surface area contributed by atoms with E-state index in [1.165, 1.54) is 34.0 Å². The van der Waals surface area contributed by atoms with Gasteiger partial charge < -0.3 is 5.32 Å². The van der Waals surface area contributed by atoms with E-state index in [4.69, 9.17) is 16.6 Å². The van der Waals surface area contributed by atoms with Crippen molar-refractivity contribution in [2.75, 3.05) is 7.05 Å². The number of aromatic nitrogens is 1. The first-order valence-corrected chi connectivity index (χ1v) is 7.83. The highest BCUT2D eigenvalue weighted by atomic mass is 35.5. The molecule has 1 N–H and O–H groups in total. The van der Waals surface area contributed by atoms with Gasteiger partial charge in [0.05, 0.1) is 10.7 Å². The molecular weight excluding hydrogens is 276 g/mol. The summed E-state index contributed by atoms with van der Waals surface area (Å²) in [5.41, 5.74) is 2.57. The van der Waals surface area contributed by atoms with Crippen LogP contribution < -0.4 is 5.32 Å². The van der Waals surface area contributed by atoms with Crippen LogP contribution in [-0.4, -0.2) is 12.0 Å². The molecule has 2 nitrogen and oxygen atoms in total. The summed E-state index contributed by atoms with van der Waals surface area (Å²) in [6.45, 7) is 0.930. The van der Waals surface area contributed by atoms with Crippen molar-refractivity contribution in [3.8, 4) is 0 Å². The first-order valence-electron chi connectivity index (χ1n) is 6.64. The molecule has 0 atom stereocenters. The van der Waals surface area contributed by atoms with E-state index in [1.54, 1.807) is 0 Å². The van der Waals surface area contributed by atoms with Gasteiger partial charge in [0.15, 0.2) is 0 Å². The second-order valence-corrected chi connectivity index (χ2v) is 6.63. The zero-order chi connectivity index (χ0) is 13.2. The first kappa shape index (κ1) is 13.1. The van der Waals surface area contributed by atoms with Gasteiger partial charge in [-0.05, 0) is 37.6 Å². The molecule has 0 radical (unpaired) electrons. The molecule has 1 fully saturated rings. The number of thiazole rings is 1. The lowest BCUT2D eigenvalue weighted by molar-refractivity contribution is 0.812. The standard InChI is InChI=1S/C15H17ClN2S/c1-17-9-13-15(11-5-6-11)18-14(19-13)8-10-3-2-4-12(16)7-10/h2-4,7,11,17H,5-6,8-9H2,1H3. The third kappa shape index (κ3) is 3.16. The summed E-state index contributed by atoms with van der Waals surface area (Å²) in [4.78, 5) is 6.26. The fourth-order valence-corrected chi connectivity index (χ4v) is 3.69. The topological polar surface area (TPSA) is 24.9 Å². The molecule has 2 aromatic rings. The van der Waals surface area contributed by atoms with Crippen molar-refractivity contribution in [1.29, 1.82) is 0 Å². The van der Waals surface area contributed by atoms with E-state index in [9.17, 15) is 0 Å². The average Bonchev–Trinajstić information content (AvgIpc) is 3.14. The van der Waals surface area contributed by atoms with Gasteiger partial charge in [0, 0.05) is 28.8 Å². The molecule has 100 valence electrons. The maximum atomic E-state index is 6.03. The maximum absolute atomic E-state index is 6.03. The Kier molecular flexibility index (Phi) is 3.87. The third-order valence-corrected chi connectivity index (χ3v) is 4.62. The van der Waals surface area contributed by atoms with Gasteiger partial charge in [-0.1, -0.05) is 23.7 Å². The minimum Gasteiger partial charge on any atom is -0.315 e. The van der Waals surface area contributed by atoms with E-state index < -0.39 is 0 Å². The first-order chi connectivity index (χ1) is 9.26. The summed E-state index contributed by atoms with van der Waals surface area (Å²) in [6, 6.07) is 8.05. The molecule has 1 saturated carbocycles. The number of nitrogens with one attached hydrogen (secondary N) is 1. The monoisotopic (exact) mass is 292 g/mol. The van der Waals surface area contributed by atoms with E-state index in [2.05, 4.69) is 11.4 Å². The summed E-state index contributed by atoms with van der Waals surface area (Å²) in [5, 5.41) is 5.24. The van der Waals surface area contributed by atoms with E-state index in [1.807, 2.05) is 36.6 Å². The molecule has 1 aromatic carbocycles. The number of hydrogen-bond donors (Lipinski definition) is 1. The van der Waals surface area contributed by atoms with Crippen molar-refractivity contribution in [3.63, 3.8) is 0 Å². The van der Waals surface area contributed by atoms with Crippen molar-refractivity contribution in [2.24, 2.45) is 0 Å². The Morgan fingerprint density at radius 2 is 2.26 bits per heavy atom. The van der Waals surface area contributed by atoms with Gasteiger partial charge >= 0.3 is 0 Å². The quantitative estimate of drug-likeness (QED) is 0.901. The van der Waals surface area contributed by atoms with Crippen molar-refractivity contribution < 1.29 is 0 Å². The van der Waals surface area contributed by atoms with Crippen LogP contribution >= 0.6 is 22.9 Å². The normalized spacial score (nSPS) is 14.8. The number of halogens is 1. The van der Waals surface area contributed by atoms with Gasteiger partial charge in [0.25, 0.3) is 0 Å². The Bertz CT molecular complexity index is 575. The molecule has 0 spiro atoms. The Hall–Kier alpha value is -0.900. The Balaban J connectivity index is 1.82. The van der Waals surface area contributed by atoms with Crippen molar-refractivity contribution in [2.45, 2.75) is 31.7 Å². The van der Waals surface area contributed by atoms with Crippen LogP contribution in [0.1, 0.15) is 39.9 Å². The summed E-state index contributed by atoms with van der Waals surface area (Å²) in [5.74, 6) is 0.715. The molecule has 1 aliphatic rings. The van der Waals surface area contributed by atoms with Crippen LogP contribution in [0.5, 0.6) is 0 Å². The predicted molar refractivity (Wildman–Crippen MR) is 81.1 cm³/mol. The number of nitrogens with zero attached hydrogens (tertiary/aromatic N) is 1. The molecule has 0 aliphatic heterocycles. The summed E-state index contributed by atoms with van der Waals surface area (Å²) in [7, 11) is 1.99. The minimum absolute atomic E-state index is 0.715. The second-order valence-electron chi connectivity index (χ2n) is 5.03. The van der Waals surface area contributed by atoms with E-state index in [0.29, 0.717) is 5.92 Å². The largest absolute Gasteiger partial charge is 0.315 e. The molecule has 1 aromatic heterocycles. The SMILES string of the molecule is CNCc1sc(Cc2cccc(Cl)c2)nc1C1CC1. The smallest absolute Gasteiger partial charge is 0.0975 e. The van der Waals surface area contributed by atoms with Crippen LogP contribution in [0.3, 0.4) is 0 Å². The molecule has 19 heavy (non-hydrogen) atoms. The molecule has 0 amide bonds. The van der Waals surface area contributed by atoms with Gasteiger partial charge in [-0.3, -0.25) is 0 Å². The third-order valence-electron chi connectivity index (χ3n) is 3.32. The lowest BCUT2D eigenvalue weighted by Crippen LogP contribution is -2.05.